The van der Waals surface area contributed by atoms with E-state index >= 15 is 0 Å². The van der Waals surface area contributed by atoms with E-state index < -0.39 is 0 Å². The average molecular weight is 289 g/mol. The molecule has 2 bridgehead atoms. The molecule has 0 aromatic heterocycles. The maximum atomic E-state index is 13.1. The molecular weight excluding hydrogens is 266 g/mol. The molecule has 2 aliphatic heterocycles. The molecule has 1 spiro atoms. The number of rotatable bonds is 0. The highest BCUT2D eigenvalue weighted by Crippen LogP contribution is 2.54. The second-order valence-electron chi connectivity index (χ2n) is 7.81. The van der Waals surface area contributed by atoms with Crippen molar-refractivity contribution in [3.63, 3.8) is 0 Å². The van der Waals surface area contributed by atoms with Gasteiger partial charge in [0.1, 0.15) is 5.66 Å². The fraction of sp³-hybridized carbons (Fsp3) is 0.875. The van der Waals surface area contributed by atoms with E-state index in [1.807, 2.05) is 0 Å². The molecule has 3 saturated carbocycles. The lowest BCUT2D eigenvalue weighted by atomic mass is 9.70. The van der Waals surface area contributed by atoms with Crippen molar-refractivity contribution < 1.29 is 9.59 Å². The first-order valence-corrected chi connectivity index (χ1v) is 8.60. The van der Waals surface area contributed by atoms with E-state index in [0.29, 0.717) is 30.2 Å². The van der Waals surface area contributed by atoms with Crippen LogP contribution < -0.4 is 10.7 Å². The zero-order valence-corrected chi connectivity index (χ0v) is 12.3. The van der Waals surface area contributed by atoms with Gasteiger partial charge in [0.05, 0.1) is 5.92 Å². The first kappa shape index (κ1) is 12.4. The Morgan fingerprint density at radius 2 is 1.95 bits per heavy atom. The lowest BCUT2D eigenvalue weighted by Crippen LogP contribution is -2.80. The van der Waals surface area contributed by atoms with Gasteiger partial charge in [-0.1, -0.05) is 6.42 Å². The summed E-state index contributed by atoms with van der Waals surface area (Å²) in [5, 5.41) is 5.65. The van der Waals surface area contributed by atoms with Crippen LogP contribution in [0.2, 0.25) is 0 Å². The van der Waals surface area contributed by atoms with Crippen LogP contribution >= 0.6 is 0 Å². The Morgan fingerprint density at radius 3 is 2.86 bits per heavy atom. The van der Waals surface area contributed by atoms with Crippen molar-refractivity contribution in [3.8, 4) is 0 Å². The molecule has 21 heavy (non-hydrogen) atoms. The van der Waals surface area contributed by atoms with Crippen LogP contribution in [-0.4, -0.2) is 28.5 Å². The summed E-state index contributed by atoms with van der Waals surface area (Å²) < 4.78 is 0. The fourth-order valence-electron chi connectivity index (χ4n) is 6.09. The third-order valence-corrected chi connectivity index (χ3v) is 6.94. The molecule has 0 aromatic rings. The number of carbonyl (C=O) groups excluding carboxylic acids is 2. The summed E-state index contributed by atoms with van der Waals surface area (Å²) >= 11 is 0. The second-order valence-corrected chi connectivity index (χ2v) is 7.81. The van der Waals surface area contributed by atoms with Crippen molar-refractivity contribution in [2.75, 3.05) is 0 Å². The molecule has 5 aliphatic rings. The van der Waals surface area contributed by atoms with Gasteiger partial charge in [-0.2, -0.15) is 0 Å². The third kappa shape index (κ3) is 1.46. The SMILES string of the molecule is O=C1CC2CCCC[C@@]23N[C@H]2[C@@H]4CC[C@@H](C4)[C@H]2C(=O)N3N1. The smallest absolute Gasteiger partial charge is 0.247 e. The van der Waals surface area contributed by atoms with Crippen LogP contribution in [0.1, 0.15) is 51.4 Å². The zero-order valence-electron chi connectivity index (χ0n) is 12.3. The van der Waals surface area contributed by atoms with Gasteiger partial charge in [0, 0.05) is 18.4 Å². The van der Waals surface area contributed by atoms with Crippen LogP contribution in [0.25, 0.3) is 0 Å². The Morgan fingerprint density at radius 1 is 1.10 bits per heavy atom. The third-order valence-electron chi connectivity index (χ3n) is 6.94. The quantitative estimate of drug-likeness (QED) is 0.703. The van der Waals surface area contributed by atoms with Crippen molar-refractivity contribution in [3.05, 3.63) is 0 Å². The zero-order chi connectivity index (χ0) is 14.2. The maximum Gasteiger partial charge on any atom is 0.247 e. The van der Waals surface area contributed by atoms with Gasteiger partial charge in [0.25, 0.3) is 0 Å². The summed E-state index contributed by atoms with van der Waals surface area (Å²) in [5.41, 5.74) is 2.63. The summed E-state index contributed by atoms with van der Waals surface area (Å²) in [4.78, 5) is 25.1. The number of carbonyl (C=O) groups is 2. The number of hydrazine groups is 1. The van der Waals surface area contributed by atoms with Gasteiger partial charge in [0.2, 0.25) is 11.8 Å². The molecule has 6 atom stereocenters. The number of hydrogen-bond donors (Lipinski definition) is 2. The molecule has 0 aromatic carbocycles. The van der Waals surface area contributed by atoms with Crippen LogP contribution in [-0.2, 0) is 9.59 Å². The van der Waals surface area contributed by atoms with Crippen LogP contribution in [0.3, 0.4) is 0 Å². The molecular formula is C16H23N3O2. The molecule has 3 aliphatic carbocycles. The van der Waals surface area contributed by atoms with Gasteiger partial charge in [-0.05, 0) is 50.4 Å². The predicted octanol–water partition coefficient (Wildman–Crippen LogP) is 1.15. The standard InChI is InChI=1S/C16H23N3O2/c20-12-8-11-3-1-2-6-16(11)17-14-10-5-4-9(7-10)13(14)15(21)19(16)18-12/h9-11,13-14,17H,1-8H2,(H,18,20)/t9-,10+,11?,13+,14-,16-/m0/s1. The molecule has 114 valence electrons. The molecule has 2 amide bonds. The summed E-state index contributed by atoms with van der Waals surface area (Å²) in [7, 11) is 0. The van der Waals surface area contributed by atoms with Crippen molar-refractivity contribution in [2.24, 2.45) is 23.7 Å². The van der Waals surface area contributed by atoms with E-state index in [1.54, 1.807) is 5.01 Å². The van der Waals surface area contributed by atoms with E-state index in [9.17, 15) is 9.59 Å². The van der Waals surface area contributed by atoms with Crippen molar-refractivity contribution in [1.82, 2.24) is 15.8 Å². The van der Waals surface area contributed by atoms with Crippen molar-refractivity contribution in [2.45, 2.75) is 63.1 Å². The number of nitrogens with one attached hydrogen (secondary N) is 2. The van der Waals surface area contributed by atoms with Gasteiger partial charge in [-0.15, -0.1) is 0 Å². The lowest BCUT2D eigenvalue weighted by Gasteiger charge is -2.60. The second kappa shape index (κ2) is 4.00. The largest absolute Gasteiger partial charge is 0.289 e. The Labute approximate surface area is 124 Å². The highest BCUT2D eigenvalue weighted by molar-refractivity contribution is 5.87. The van der Waals surface area contributed by atoms with Gasteiger partial charge in [-0.25, -0.2) is 5.01 Å². The number of nitrogens with zero attached hydrogens (tertiary/aromatic N) is 1. The molecule has 2 saturated heterocycles. The van der Waals surface area contributed by atoms with Gasteiger partial charge < -0.3 is 0 Å². The molecule has 2 heterocycles. The maximum absolute atomic E-state index is 13.1. The summed E-state index contributed by atoms with van der Waals surface area (Å²) in [5.74, 6) is 1.85. The predicted molar refractivity (Wildman–Crippen MR) is 75.5 cm³/mol. The highest BCUT2D eigenvalue weighted by atomic mass is 16.2. The van der Waals surface area contributed by atoms with Crippen LogP contribution in [0.4, 0.5) is 0 Å². The van der Waals surface area contributed by atoms with Crippen LogP contribution in [0.15, 0.2) is 0 Å². The molecule has 2 N–H and O–H groups in total. The van der Waals surface area contributed by atoms with E-state index in [0.717, 1.165) is 19.3 Å². The van der Waals surface area contributed by atoms with Gasteiger partial charge >= 0.3 is 0 Å². The lowest BCUT2D eigenvalue weighted by molar-refractivity contribution is -0.186. The van der Waals surface area contributed by atoms with E-state index in [-0.39, 0.29) is 23.4 Å². The normalized spacial score (nSPS) is 51.2. The summed E-state index contributed by atoms with van der Waals surface area (Å²) in [6, 6.07) is 0.364. The molecule has 5 nitrogen and oxygen atoms in total. The highest BCUT2D eigenvalue weighted by Gasteiger charge is 2.63. The monoisotopic (exact) mass is 289 g/mol. The van der Waals surface area contributed by atoms with Crippen molar-refractivity contribution in [1.29, 1.82) is 0 Å². The summed E-state index contributed by atoms with van der Waals surface area (Å²) in [6.07, 6.45) is 8.63. The first-order valence-electron chi connectivity index (χ1n) is 8.60. The van der Waals surface area contributed by atoms with Gasteiger partial charge in [0.15, 0.2) is 0 Å². The van der Waals surface area contributed by atoms with Gasteiger partial charge in [-0.3, -0.25) is 20.3 Å². The Bertz CT molecular complexity index is 522. The fourth-order valence-corrected chi connectivity index (χ4v) is 6.09. The Kier molecular flexibility index (Phi) is 2.37. The van der Waals surface area contributed by atoms with E-state index in [1.165, 1.54) is 25.7 Å². The minimum absolute atomic E-state index is 0.0225. The topological polar surface area (TPSA) is 61.4 Å². The molecule has 5 heteroatoms. The minimum atomic E-state index is -0.283. The van der Waals surface area contributed by atoms with Crippen LogP contribution in [0.5, 0.6) is 0 Å². The summed E-state index contributed by atoms with van der Waals surface area (Å²) in [6.45, 7) is 0. The Hall–Kier alpha value is -1.10. The molecule has 5 fully saturated rings. The van der Waals surface area contributed by atoms with E-state index in [2.05, 4.69) is 10.7 Å². The molecule has 0 radical (unpaired) electrons. The van der Waals surface area contributed by atoms with Crippen molar-refractivity contribution >= 4 is 11.8 Å². The molecule has 1 unspecified atom stereocenters. The Balaban J connectivity index is 1.57. The molecule has 5 rings (SSSR count). The van der Waals surface area contributed by atoms with Crippen LogP contribution in [0, 0.1) is 23.7 Å². The number of fused-ring (bicyclic) bond motifs is 5. The number of hydrogen-bond acceptors (Lipinski definition) is 3. The van der Waals surface area contributed by atoms with E-state index in [4.69, 9.17) is 0 Å². The minimum Gasteiger partial charge on any atom is -0.289 e. The first-order chi connectivity index (χ1) is 10.2. The average Bonchev–Trinajstić information content (AvgIpc) is 3.07. The number of amides is 2.